The molecule has 2 atom stereocenters. The molecule has 4 rings (SSSR count). The summed E-state index contributed by atoms with van der Waals surface area (Å²) in [4.78, 5) is 2.07. The van der Waals surface area contributed by atoms with Gasteiger partial charge in [-0.3, -0.25) is 4.31 Å². The molecule has 0 unspecified atom stereocenters. The van der Waals surface area contributed by atoms with Crippen molar-refractivity contribution in [3.8, 4) is 0 Å². The van der Waals surface area contributed by atoms with Crippen LogP contribution in [0, 0.1) is 0 Å². The Morgan fingerprint density at radius 1 is 1.02 bits per heavy atom. The number of rotatable bonds is 8. The van der Waals surface area contributed by atoms with E-state index >= 15 is 0 Å². The molecule has 0 bridgehead atoms. The summed E-state index contributed by atoms with van der Waals surface area (Å²) in [5, 5.41) is 10.1. The molecule has 0 amide bonds. The van der Waals surface area contributed by atoms with Gasteiger partial charge in [-0.05, 0) is 42.8 Å². The van der Waals surface area contributed by atoms with Crippen LogP contribution < -0.4 is 9.21 Å². The maximum absolute atomic E-state index is 13.6. The Morgan fingerprint density at radius 3 is 2.22 bits per heavy atom. The second-order valence-corrected chi connectivity index (χ2v) is 14.3. The third kappa shape index (κ3) is 6.51. The fourth-order valence-electron chi connectivity index (χ4n) is 4.79. The van der Waals surface area contributed by atoms with E-state index in [9.17, 15) is 35.1 Å². The highest BCUT2D eigenvalue weighted by Gasteiger charge is 2.51. The van der Waals surface area contributed by atoms with Gasteiger partial charge in [-0.15, -0.1) is 0 Å². The molecule has 8 nitrogen and oxygen atoms in total. The number of halogens is 3. The third-order valence-electron chi connectivity index (χ3n) is 7.16. The van der Waals surface area contributed by atoms with Gasteiger partial charge in [-0.25, -0.2) is 16.8 Å². The van der Waals surface area contributed by atoms with E-state index in [0.717, 1.165) is 18.4 Å². The number of benzene rings is 2. The zero-order chi connectivity index (χ0) is 30.2. The first-order valence-corrected chi connectivity index (χ1v) is 16.3. The van der Waals surface area contributed by atoms with Crippen LogP contribution in [0.2, 0.25) is 0 Å². The van der Waals surface area contributed by atoms with Crippen molar-refractivity contribution in [1.82, 2.24) is 4.31 Å². The summed E-state index contributed by atoms with van der Waals surface area (Å²) in [7, 11) is -7.81. The number of thiocarbonyl (C=S) groups is 1. The molecule has 2 aromatic carbocycles. The number of hydrogen-bond donors (Lipinski definition) is 1. The van der Waals surface area contributed by atoms with E-state index in [-0.39, 0.29) is 41.5 Å². The molecular weight excluding hydrogens is 600 g/mol. The number of hydrogen-bond acceptors (Lipinski definition) is 7. The van der Waals surface area contributed by atoms with Crippen LogP contribution in [0.15, 0.2) is 77.7 Å². The number of anilines is 2. The van der Waals surface area contributed by atoms with Crippen molar-refractivity contribution in [3.63, 3.8) is 0 Å². The highest BCUT2D eigenvalue weighted by molar-refractivity contribution is 7.96. The summed E-state index contributed by atoms with van der Waals surface area (Å²) in [6, 6.07) is 12.7. The normalized spacial score (nSPS) is 20.4. The summed E-state index contributed by atoms with van der Waals surface area (Å²) in [6.45, 7) is 0.584. The lowest BCUT2D eigenvalue weighted by Crippen LogP contribution is -2.59. The van der Waals surface area contributed by atoms with Crippen molar-refractivity contribution >= 4 is 48.5 Å². The van der Waals surface area contributed by atoms with E-state index < -0.39 is 37.9 Å². The van der Waals surface area contributed by atoms with Crippen molar-refractivity contribution in [2.45, 2.75) is 31.2 Å². The molecule has 222 valence electrons. The van der Waals surface area contributed by atoms with Gasteiger partial charge in [0.2, 0.25) is 20.0 Å². The average Bonchev–Trinajstić information content (AvgIpc) is 2.91. The van der Waals surface area contributed by atoms with Crippen molar-refractivity contribution in [1.29, 1.82) is 0 Å². The Morgan fingerprint density at radius 2 is 1.66 bits per heavy atom. The van der Waals surface area contributed by atoms with Crippen molar-refractivity contribution in [2.75, 3.05) is 41.6 Å². The highest BCUT2D eigenvalue weighted by atomic mass is 32.2. The van der Waals surface area contributed by atoms with Crippen molar-refractivity contribution < 1.29 is 35.1 Å². The smallest absolute Gasteiger partial charge is 0.376 e. The molecule has 1 heterocycles. The Kier molecular flexibility index (Phi) is 8.72. The summed E-state index contributed by atoms with van der Waals surface area (Å²) < 4.78 is 95.5. The highest BCUT2D eigenvalue weighted by Crippen LogP contribution is 2.39. The molecule has 1 aliphatic heterocycles. The number of para-hydroxylation sites is 1. The van der Waals surface area contributed by atoms with Crippen LogP contribution in [-0.2, 0) is 25.6 Å². The van der Waals surface area contributed by atoms with Gasteiger partial charge in [0.05, 0.1) is 29.4 Å². The maximum atomic E-state index is 13.6. The number of piperazine rings is 1. The zero-order valence-corrected chi connectivity index (χ0v) is 24.8. The number of aliphatic hydroxyl groups is 1. The minimum atomic E-state index is -4.90. The van der Waals surface area contributed by atoms with E-state index in [1.165, 1.54) is 26.8 Å². The molecule has 1 saturated heterocycles. The largest absolute Gasteiger partial charge is 0.421 e. The van der Waals surface area contributed by atoms with E-state index in [4.69, 9.17) is 12.2 Å². The first-order valence-electron chi connectivity index (χ1n) is 12.6. The number of nitrogens with zero attached hydrogens (tertiary/aromatic N) is 3. The molecule has 0 radical (unpaired) electrons. The summed E-state index contributed by atoms with van der Waals surface area (Å²) in [5.41, 5.74) is -2.60. The van der Waals surface area contributed by atoms with Gasteiger partial charge in [0.25, 0.3) is 0 Å². The molecule has 41 heavy (non-hydrogen) atoms. The van der Waals surface area contributed by atoms with Crippen LogP contribution in [0.25, 0.3) is 0 Å². The van der Waals surface area contributed by atoms with E-state index in [2.05, 4.69) is 0 Å². The third-order valence-corrected chi connectivity index (χ3v) is 10.8. The predicted molar refractivity (Wildman–Crippen MR) is 157 cm³/mol. The molecule has 1 fully saturated rings. The van der Waals surface area contributed by atoms with Crippen LogP contribution in [0.1, 0.15) is 18.9 Å². The molecule has 0 saturated carbocycles. The Balaban J connectivity index is 1.72. The molecule has 0 aromatic heterocycles. The van der Waals surface area contributed by atoms with Crippen molar-refractivity contribution in [2.24, 2.45) is 0 Å². The molecule has 2 aliphatic rings. The predicted octanol–water partition coefficient (Wildman–Crippen LogP) is 3.96. The molecular formula is C27H30F3N3O5S3. The minimum Gasteiger partial charge on any atom is -0.376 e. The molecule has 0 spiro atoms. The molecule has 1 aliphatic carbocycles. The number of alkyl halides is 3. The molecule has 14 heteroatoms. The van der Waals surface area contributed by atoms with Crippen LogP contribution in [0.3, 0.4) is 0 Å². The lowest BCUT2D eigenvalue weighted by molar-refractivity contribution is -0.258. The minimum absolute atomic E-state index is 0.0176. The lowest BCUT2D eigenvalue weighted by atomic mass is 9.95. The summed E-state index contributed by atoms with van der Waals surface area (Å²) >= 11 is 5.30. The topological polar surface area (TPSA) is 98.2 Å². The first-order chi connectivity index (χ1) is 19.0. The Labute approximate surface area is 243 Å². The van der Waals surface area contributed by atoms with Crippen LogP contribution in [0.5, 0.6) is 0 Å². The van der Waals surface area contributed by atoms with Gasteiger partial charge >= 0.3 is 6.18 Å². The zero-order valence-electron chi connectivity index (χ0n) is 22.3. The fraction of sp³-hybridized carbons (Fsp3) is 0.370. The second-order valence-electron chi connectivity index (χ2n) is 10.0. The lowest BCUT2D eigenvalue weighted by Gasteiger charge is -2.44. The van der Waals surface area contributed by atoms with Crippen LogP contribution >= 0.6 is 12.2 Å². The van der Waals surface area contributed by atoms with Gasteiger partial charge in [0, 0.05) is 36.6 Å². The van der Waals surface area contributed by atoms with E-state index in [0.29, 0.717) is 24.7 Å². The van der Waals surface area contributed by atoms with Crippen molar-refractivity contribution in [3.05, 3.63) is 83.3 Å². The Bertz CT molecular complexity index is 1560. The second kappa shape index (κ2) is 11.5. The van der Waals surface area contributed by atoms with E-state index in [1.807, 2.05) is 0 Å². The van der Waals surface area contributed by atoms with E-state index in [1.54, 1.807) is 47.4 Å². The quantitative estimate of drug-likeness (QED) is 0.442. The maximum Gasteiger partial charge on any atom is 0.421 e. The Hall–Kier alpha value is -2.78. The number of sulfonamides is 2. The van der Waals surface area contributed by atoms with Gasteiger partial charge in [-0.1, -0.05) is 54.7 Å². The molecule has 1 N–H and O–H groups in total. The number of allylic oxidation sites excluding steroid dienone is 4. The summed E-state index contributed by atoms with van der Waals surface area (Å²) in [6.07, 6.45) is 1.29. The fourth-order valence-corrected chi connectivity index (χ4v) is 7.81. The van der Waals surface area contributed by atoms with Gasteiger partial charge < -0.3 is 10.0 Å². The van der Waals surface area contributed by atoms with Gasteiger partial charge in [0.1, 0.15) is 0 Å². The SMILES string of the molecule is C[C@](O)(c1ccc(N2CCN(S(=O)(=O)C3=CC=CCC3=S)C[C@@H]2CN(c2ccccc2)S(C)(=O)=O)cc1)C(F)(F)F. The van der Waals surface area contributed by atoms with Gasteiger partial charge in [-0.2, -0.15) is 17.5 Å². The summed E-state index contributed by atoms with van der Waals surface area (Å²) in [5.74, 6) is 0. The monoisotopic (exact) mass is 629 g/mol. The first kappa shape index (κ1) is 31.2. The van der Waals surface area contributed by atoms with Crippen LogP contribution in [-0.4, -0.2) is 75.8 Å². The van der Waals surface area contributed by atoms with Crippen LogP contribution in [0.4, 0.5) is 24.5 Å². The average molecular weight is 630 g/mol. The molecule has 2 aromatic rings. The van der Waals surface area contributed by atoms with Gasteiger partial charge in [0.15, 0.2) is 5.60 Å². The standard InChI is InChI=1S/C27H30F3N3O5S3/c1-26(34,27(28,29)30)20-12-14-21(15-13-20)32-17-16-31(41(37,38)25-11-7-6-10-24(25)39)18-23(32)19-33(40(2,35)36)22-8-4-3-5-9-22/h3-9,11-15,23,34H,10,16-19H2,1-2H3/t23-,26+/m1/s1.